The van der Waals surface area contributed by atoms with Gasteiger partial charge < -0.3 is 10.0 Å². The molecular weight excluding hydrogens is 190 g/mol. The Hall–Kier alpha value is -0.570. The van der Waals surface area contributed by atoms with E-state index in [-0.39, 0.29) is 18.8 Å². The molecule has 0 spiro atoms. The molecule has 1 aliphatic heterocycles. The SMILES string of the molecule is [2H]C[C@@H]1C[C@@H](O)CN1C(=O)CCCCCC. The van der Waals surface area contributed by atoms with Gasteiger partial charge in [-0.15, -0.1) is 0 Å². The van der Waals surface area contributed by atoms with Crippen LogP contribution in [0.3, 0.4) is 0 Å². The van der Waals surface area contributed by atoms with E-state index in [1.54, 1.807) is 4.90 Å². The first kappa shape index (κ1) is 10.9. The summed E-state index contributed by atoms with van der Waals surface area (Å²) >= 11 is 0. The van der Waals surface area contributed by atoms with Gasteiger partial charge in [-0.2, -0.15) is 0 Å². The van der Waals surface area contributed by atoms with Crippen molar-refractivity contribution in [1.82, 2.24) is 4.90 Å². The van der Waals surface area contributed by atoms with Crippen LogP contribution in [-0.4, -0.2) is 34.6 Å². The molecule has 1 heterocycles. The molecule has 1 saturated heterocycles. The molecule has 0 saturated carbocycles. The summed E-state index contributed by atoms with van der Waals surface area (Å²) < 4.78 is 7.35. The zero-order valence-corrected chi connectivity index (χ0v) is 9.61. The van der Waals surface area contributed by atoms with Crippen LogP contribution in [0.25, 0.3) is 0 Å². The Morgan fingerprint density at radius 1 is 1.53 bits per heavy atom. The number of carbonyl (C=O) groups is 1. The molecular formula is C12H23NO2. The molecule has 1 N–H and O–H groups in total. The third-order valence-electron chi connectivity index (χ3n) is 2.96. The highest BCUT2D eigenvalue weighted by atomic mass is 16.3. The Balaban J connectivity index is 2.29. The van der Waals surface area contributed by atoms with Crippen LogP contribution in [0.15, 0.2) is 0 Å². The summed E-state index contributed by atoms with van der Waals surface area (Å²) in [5.41, 5.74) is 0. The van der Waals surface area contributed by atoms with Crippen molar-refractivity contribution in [2.24, 2.45) is 0 Å². The lowest BCUT2D eigenvalue weighted by Gasteiger charge is -2.20. The predicted octanol–water partition coefficient (Wildman–Crippen LogP) is 1.94. The number of nitrogens with zero attached hydrogens (tertiary/aromatic N) is 1. The molecule has 0 aromatic heterocycles. The summed E-state index contributed by atoms with van der Waals surface area (Å²) in [6.07, 6.45) is 5.11. The number of carbonyl (C=O) groups excluding carboxylic acids is 1. The highest BCUT2D eigenvalue weighted by Gasteiger charge is 2.30. The van der Waals surface area contributed by atoms with E-state index in [0.717, 1.165) is 12.8 Å². The molecule has 0 radical (unpaired) electrons. The lowest BCUT2D eigenvalue weighted by atomic mass is 10.1. The van der Waals surface area contributed by atoms with Gasteiger partial charge in [0.2, 0.25) is 5.91 Å². The molecule has 88 valence electrons. The summed E-state index contributed by atoms with van der Waals surface area (Å²) in [4.78, 5) is 13.6. The molecule has 0 bridgehead atoms. The van der Waals surface area contributed by atoms with Crippen LogP contribution in [0.1, 0.15) is 53.7 Å². The number of hydrogen-bond donors (Lipinski definition) is 1. The van der Waals surface area contributed by atoms with Gasteiger partial charge in [0, 0.05) is 20.4 Å². The number of hydrogen-bond acceptors (Lipinski definition) is 2. The van der Waals surface area contributed by atoms with Gasteiger partial charge >= 0.3 is 0 Å². The molecule has 3 nitrogen and oxygen atoms in total. The molecule has 0 aromatic rings. The Morgan fingerprint density at radius 2 is 2.33 bits per heavy atom. The van der Waals surface area contributed by atoms with Crippen molar-refractivity contribution in [3.05, 3.63) is 0 Å². The molecule has 0 aromatic carbocycles. The summed E-state index contributed by atoms with van der Waals surface area (Å²) in [5.74, 6) is 0.116. The van der Waals surface area contributed by atoms with Gasteiger partial charge in [0.1, 0.15) is 0 Å². The van der Waals surface area contributed by atoms with Gasteiger partial charge in [0.05, 0.1) is 6.10 Å². The monoisotopic (exact) mass is 214 g/mol. The van der Waals surface area contributed by atoms with Gasteiger partial charge in [-0.3, -0.25) is 4.79 Å². The number of aliphatic hydroxyl groups is 1. The van der Waals surface area contributed by atoms with Crippen LogP contribution in [-0.2, 0) is 4.79 Å². The van der Waals surface area contributed by atoms with E-state index in [9.17, 15) is 9.90 Å². The fourth-order valence-corrected chi connectivity index (χ4v) is 2.04. The summed E-state index contributed by atoms with van der Waals surface area (Å²) in [6, 6.07) is -0.0614. The fourth-order valence-electron chi connectivity index (χ4n) is 2.04. The van der Waals surface area contributed by atoms with Gasteiger partial charge in [-0.25, -0.2) is 0 Å². The van der Waals surface area contributed by atoms with E-state index < -0.39 is 6.10 Å². The smallest absolute Gasteiger partial charge is 0.222 e. The van der Waals surface area contributed by atoms with Crippen molar-refractivity contribution in [3.63, 3.8) is 0 Å². The maximum atomic E-state index is 11.9. The Labute approximate surface area is 93.9 Å². The number of likely N-dealkylation sites (tertiary alicyclic amines) is 1. The second-order valence-corrected chi connectivity index (χ2v) is 4.40. The van der Waals surface area contributed by atoms with E-state index in [2.05, 4.69) is 6.92 Å². The maximum Gasteiger partial charge on any atom is 0.222 e. The minimum absolute atomic E-state index is 0.0614. The summed E-state index contributed by atoms with van der Waals surface area (Å²) in [7, 11) is 0. The molecule has 1 fully saturated rings. The highest BCUT2D eigenvalue weighted by Crippen LogP contribution is 2.19. The van der Waals surface area contributed by atoms with Crippen molar-refractivity contribution >= 4 is 5.91 Å². The van der Waals surface area contributed by atoms with Gasteiger partial charge in [0.25, 0.3) is 0 Å². The Morgan fingerprint density at radius 3 is 3.00 bits per heavy atom. The maximum absolute atomic E-state index is 11.9. The minimum atomic E-state index is -0.421. The summed E-state index contributed by atoms with van der Waals surface area (Å²) in [6.45, 7) is 2.78. The molecule has 1 aliphatic rings. The number of aliphatic hydroxyl groups excluding tert-OH is 1. The fraction of sp³-hybridized carbons (Fsp3) is 0.917. The minimum Gasteiger partial charge on any atom is -0.391 e. The van der Waals surface area contributed by atoms with E-state index in [1.165, 1.54) is 12.8 Å². The van der Waals surface area contributed by atoms with Crippen molar-refractivity contribution in [3.8, 4) is 0 Å². The number of β-amino-alcohol motifs (C(OH)–C–C–N with tert-alkyl or cyclic N) is 1. The number of unbranched alkanes of at least 4 members (excludes halogenated alkanes) is 3. The Bertz CT molecular complexity index is 223. The van der Waals surface area contributed by atoms with Gasteiger partial charge in [0.15, 0.2) is 0 Å². The molecule has 3 heteroatoms. The highest BCUT2D eigenvalue weighted by molar-refractivity contribution is 5.76. The third-order valence-corrected chi connectivity index (χ3v) is 2.96. The average Bonchev–Trinajstić information content (AvgIpc) is 2.65. The Kier molecular flexibility index (Phi) is 4.45. The van der Waals surface area contributed by atoms with E-state index in [4.69, 9.17) is 1.37 Å². The second kappa shape index (κ2) is 6.11. The topological polar surface area (TPSA) is 40.5 Å². The van der Waals surface area contributed by atoms with Crippen molar-refractivity contribution in [1.29, 1.82) is 0 Å². The van der Waals surface area contributed by atoms with Crippen LogP contribution in [0, 0.1) is 0 Å². The van der Waals surface area contributed by atoms with Crippen LogP contribution in [0.5, 0.6) is 0 Å². The van der Waals surface area contributed by atoms with Gasteiger partial charge in [-0.05, 0) is 19.7 Å². The van der Waals surface area contributed by atoms with E-state index >= 15 is 0 Å². The van der Waals surface area contributed by atoms with Crippen molar-refractivity contribution in [2.45, 2.75) is 64.5 Å². The normalized spacial score (nSPS) is 26.8. The van der Waals surface area contributed by atoms with E-state index in [0.29, 0.717) is 19.4 Å². The largest absolute Gasteiger partial charge is 0.391 e. The second-order valence-electron chi connectivity index (χ2n) is 4.40. The van der Waals surface area contributed by atoms with Gasteiger partial charge in [-0.1, -0.05) is 26.2 Å². The van der Waals surface area contributed by atoms with Crippen molar-refractivity contribution < 1.29 is 11.3 Å². The third kappa shape index (κ3) is 3.82. The van der Waals surface area contributed by atoms with Crippen molar-refractivity contribution in [2.75, 3.05) is 6.54 Å². The first-order chi connectivity index (χ1) is 7.69. The van der Waals surface area contributed by atoms with Crippen LogP contribution >= 0.6 is 0 Å². The zero-order valence-electron chi connectivity index (χ0n) is 10.6. The number of rotatable bonds is 5. The molecule has 1 amide bonds. The van der Waals surface area contributed by atoms with E-state index in [1.807, 2.05) is 0 Å². The average molecular weight is 214 g/mol. The standard InChI is InChI=1S/C12H23NO2/c1-3-4-5-6-7-12(15)13-9-11(14)8-10(13)2/h10-11,14H,3-9H2,1-2H3/t10-,11-/m1/s1/i2D. The number of amides is 1. The molecule has 0 aliphatic carbocycles. The van der Waals surface area contributed by atoms with Crippen LogP contribution < -0.4 is 0 Å². The first-order valence-electron chi connectivity index (χ1n) is 6.66. The zero-order chi connectivity index (χ0) is 12.0. The lowest BCUT2D eigenvalue weighted by molar-refractivity contribution is -0.132. The summed E-state index contributed by atoms with van der Waals surface area (Å²) in [5, 5.41) is 9.48. The van der Waals surface area contributed by atoms with Crippen LogP contribution in [0.2, 0.25) is 0 Å². The predicted molar refractivity (Wildman–Crippen MR) is 60.6 cm³/mol. The first-order valence-corrected chi connectivity index (χ1v) is 5.95. The lowest BCUT2D eigenvalue weighted by Crippen LogP contribution is -2.34. The molecule has 1 rings (SSSR count). The molecule has 2 atom stereocenters. The molecule has 0 unspecified atom stereocenters. The van der Waals surface area contributed by atoms with Crippen LogP contribution in [0.4, 0.5) is 0 Å². The quantitative estimate of drug-likeness (QED) is 0.710. The molecule has 15 heavy (non-hydrogen) atoms.